The lowest BCUT2D eigenvalue weighted by atomic mass is 9.84. The highest BCUT2D eigenvalue weighted by molar-refractivity contribution is 4.78. The topological polar surface area (TPSA) is 42.2 Å². The van der Waals surface area contributed by atoms with Gasteiger partial charge in [0, 0.05) is 12.8 Å². The van der Waals surface area contributed by atoms with Crippen molar-refractivity contribution in [3.05, 3.63) is 0 Å². The smallest absolute Gasteiger partial charge is 0.158 e. The van der Waals surface area contributed by atoms with Gasteiger partial charge in [-0.25, -0.2) is 0 Å². The second-order valence-corrected chi connectivity index (χ2v) is 4.20. The van der Waals surface area contributed by atoms with Crippen molar-refractivity contribution in [2.45, 2.75) is 39.4 Å². The molecule has 0 aromatic rings. The van der Waals surface area contributed by atoms with Gasteiger partial charge in [0.05, 0.1) is 19.3 Å². The molecule has 0 N–H and O–H groups in total. The molecule has 1 fully saturated rings. The van der Waals surface area contributed by atoms with Gasteiger partial charge in [-0.2, -0.15) is 5.26 Å². The van der Waals surface area contributed by atoms with Gasteiger partial charge < -0.3 is 9.47 Å². The maximum atomic E-state index is 8.48. The summed E-state index contributed by atoms with van der Waals surface area (Å²) in [7, 11) is 0. The van der Waals surface area contributed by atoms with Gasteiger partial charge in [-0.3, -0.25) is 0 Å². The molecule has 1 heterocycles. The minimum Gasteiger partial charge on any atom is -0.350 e. The third-order valence-corrected chi connectivity index (χ3v) is 2.32. The molecule has 0 bridgehead atoms. The standard InChI is InChI=1S/C10H17NO2/c1-10(2,4-3-5-11)8-9-12-6-7-13-9/h9H,3-4,6-8H2,1-2H3. The molecule has 3 heteroatoms. The van der Waals surface area contributed by atoms with Crippen LogP contribution in [0, 0.1) is 16.7 Å². The zero-order valence-corrected chi connectivity index (χ0v) is 8.38. The zero-order valence-electron chi connectivity index (χ0n) is 8.38. The van der Waals surface area contributed by atoms with Crippen LogP contribution in [0.25, 0.3) is 0 Å². The summed E-state index contributed by atoms with van der Waals surface area (Å²) in [6.07, 6.45) is 2.36. The highest BCUT2D eigenvalue weighted by Gasteiger charge is 2.26. The molecule has 0 aliphatic carbocycles. The van der Waals surface area contributed by atoms with E-state index in [1.165, 1.54) is 0 Å². The van der Waals surface area contributed by atoms with Crippen molar-refractivity contribution in [2.75, 3.05) is 13.2 Å². The molecule has 3 nitrogen and oxygen atoms in total. The maximum absolute atomic E-state index is 8.48. The van der Waals surface area contributed by atoms with E-state index in [1.54, 1.807) is 0 Å². The van der Waals surface area contributed by atoms with E-state index >= 15 is 0 Å². The average molecular weight is 183 g/mol. The number of ether oxygens (including phenoxy) is 2. The van der Waals surface area contributed by atoms with Crippen molar-refractivity contribution >= 4 is 0 Å². The lowest BCUT2D eigenvalue weighted by Gasteiger charge is -2.25. The van der Waals surface area contributed by atoms with Gasteiger partial charge in [0.25, 0.3) is 0 Å². The highest BCUT2D eigenvalue weighted by atomic mass is 16.7. The first-order valence-corrected chi connectivity index (χ1v) is 4.74. The summed E-state index contributed by atoms with van der Waals surface area (Å²) in [5.74, 6) is 0. The molecule has 1 aliphatic heterocycles. The first kappa shape index (κ1) is 10.5. The van der Waals surface area contributed by atoms with Crippen molar-refractivity contribution in [2.24, 2.45) is 5.41 Å². The molecular formula is C10H17NO2. The SMILES string of the molecule is CC(C)(CCC#N)CC1OCCO1. The van der Waals surface area contributed by atoms with Crippen molar-refractivity contribution in [3.8, 4) is 6.07 Å². The first-order valence-electron chi connectivity index (χ1n) is 4.74. The van der Waals surface area contributed by atoms with Crippen LogP contribution in [0.4, 0.5) is 0 Å². The molecule has 1 saturated heterocycles. The molecule has 0 radical (unpaired) electrons. The highest BCUT2D eigenvalue weighted by Crippen LogP contribution is 2.30. The average Bonchev–Trinajstić information content (AvgIpc) is 2.52. The van der Waals surface area contributed by atoms with Crippen molar-refractivity contribution in [1.29, 1.82) is 5.26 Å². The minimum absolute atomic E-state index is 0.0475. The van der Waals surface area contributed by atoms with Gasteiger partial charge in [-0.1, -0.05) is 13.8 Å². The Balaban J connectivity index is 2.28. The van der Waals surface area contributed by atoms with E-state index in [0.29, 0.717) is 19.6 Å². The molecule has 0 amide bonds. The van der Waals surface area contributed by atoms with Gasteiger partial charge in [0.15, 0.2) is 6.29 Å². The van der Waals surface area contributed by atoms with Crippen molar-refractivity contribution in [3.63, 3.8) is 0 Å². The molecule has 0 aromatic heterocycles. The fraction of sp³-hybridized carbons (Fsp3) is 0.900. The van der Waals surface area contributed by atoms with E-state index in [9.17, 15) is 0 Å². The van der Waals surface area contributed by atoms with Gasteiger partial charge in [-0.15, -0.1) is 0 Å². The Kier molecular flexibility index (Phi) is 3.71. The Morgan fingerprint density at radius 2 is 2.00 bits per heavy atom. The number of hydrogen-bond donors (Lipinski definition) is 0. The fourth-order valence-electron chi connectivity index (χ4n) is 1.47. The van der Waals surface area contributed by atoms with Gasteiger partial charge in [-0.05, 0) is 11.8 Å². The largest absolute Gasteiger partial charge is 0.350 e. The van der Waals surface area contributed by atoms with E-state index in [1.807, 2.05) is 0 Å². The Labute approximate surface area is 79.6 Å². The zero-order chi connectivity index (χ0) is 9.73. The second-order valence-electron chi connectivity index (χ2n) is 4.20. The maximum Gasteiger partial charge on any atom is 0.158 e. The van der Waals surface area contributed by atoms with E-state index in [-0.39, 0.29) is 11.7 Å². The third kappa shape index (κ3) is 3.75. The molecule has 74 valence electrons. The predicted molar refractivity (Wildman–Crippen MR) is 48.9 cm³/mol. The summed E-state index contributed by atoms with van der Waals surface area (Å²) in [5.41, 5.74) is 0.144. The molecule has 0 unspecified atom stereocenters. The van der Waals surface area contributed by atoms with Crippen LogP contribution in [-0.2, 0) is 9.47 Å². The van der Waals surface area contributed by atoms with Crippen LogP contribution in [-0.4, -0.2) is 19.5 Å². The second kappa shape index (κ2) is 4.59. The van der Waals surface area contributed by atoms with E-state index in [0.717, 1.165) is 12.8 Å². The molecular weight excluding hydrogens is 166 g/mol. The molecule has 1 aliphatic rings. The summed E-state index contributed by atoms with van der Waals surface area (Å²) in [5, 5.41) is 8.48. The molecule has 0 saturated carbocycles. The minimum atomic E-state index is -0.0475. The quantitative estimate of drug-likeness (QED) is 0.670. The van der Waals surface area contributed by atoms with Crippen LogP contribution in [0.2, 0.25) is 0 Å². The molecule has 13 heavy (non-hydrogen) atoms. The van der Waals surface area contributed by atoms with Crippen molar-refractivity contribution < 1.29 is 9.47 Å². The van der Waals surface area contributed by atoms with E-state index in [2.05, 4.69) is 19.9 Å². The van der Waals surface area contributed by atoms with Crippen LogP contribution < -0.4 is 0 Å². The predicted octanol–water partition coefficient (Wildman–Crippen LogP) is 2.08. The Bertz CT molecular complexity index is 190. The Hall–Kier alpha value is -0.590. The molecule has 0 aromatic carbocycles. The summed E-state index contributed by atoms with van der Waals surface area (Å²) >= 11 is 0. The molecule has 1 rings (SSSR count). The normalized spacial score (nSPS) is 18.8. The van der Waals surface area contributed by atoms with Gasteiger partial charge >= 0.3 is 0 Å². The molecule has 0 atom stereocenters. The lowest BCUT2D eigenvalue weighted by Crippen LogP contribution is -2.21. The van der Waals surface area contributed by atoms with Crippen LogP contribution in [0.1, 0.15) is 33.1 Å². The Morgan fingerprint density at radius 3 is 2.54 bits per heavy atom. The summed E-state index contributed by atoms with van der Waals surface area (Å²) in [6.45, 7) is 5.71. The van der Waals surface area contributed by atoms with Crippen LogP contribution in [0.5, 0.6) is 0 Å². The summed E-state index contributed by atoms with van der Waals surface area (Å²) in [4.78, 5) is 0. The number of rotatable bonds is 4. The fourth-order valence-corrected chi connectivity index (χ4v) is 1.47. The summed E-state index contributed by atoms with van der Waals surface area (Å²) in [6, 6.07) is 2.17. The first-order chi connectivity index (χ1) is 6.14. The summed E-state index contributed by atoms with van der Waals surface area (Å²) < 4.78 is 10.7. The molecule has 0 spiro atoms. The lowest BCUT2D eigenvalue weighted by molar-refractivity contribution is -0.0688. The number of hydrogen-bond acceptors (Lipinski definition) is 3. The van der Waals surface area contributed by atoms with Crippen LogP contribution >= 0.6 is 0 Å². The van der Waals surface area contributed by atoms with Crippen molar-refractivity contribution in [1.82, 2.24) is 0 Å². The van der Waals surface area contributed by atoms with Crippen LogP contribution in [0.15, 0.2) is 0 Å². The van der Waals surface area contributed by atoms with Gasteiger partial charge in [0.2, 0.25) is 0 Å². The van der Waals surface area contributed by atoms with E-state index < -0.39 is 0 Å². The number of nitriles is 1. The Morgan fingerprint density at radius 1 is 1.38 bits per heavy atom. The van der Waals surface area contributed by atoms with E-state index in [4.69, 9.17) is 14.7 Å². The third-order valence-electron chi connectivity index (χ3n) is 2.32. The van der Waals surface area contributed by atoms with Gasteiger partial charge in [0.1, 0.15) is 0 Å². The monoisotopic (exact) mass is 183 g/mol. The van der Waals surface area contributed by atoms with Crippen LogP contribution in [0.3, 0.4) is 0 Å². The number of nitrogens with zero attached hydrogens (tertiary/aromatic N) is 1.